The Morgan fingerprint density at radius 1 is 1.06 bits per heavy atom. The first kappa shape index (κ1) is 22.4. The number of allylic oxidation sites excluding steroid dienone is 1. The minimum absolute atomic E-state index is 0.0669. The summed E-state index contributed by atoms with van der Waals surface area (Å²) < 4.78 is 11.4. The lowest BCUT2D eigenvalue weighted by Crippen LogP contribution is -2.67. The smallest absolute Gasteiger partial charge is 0.336 e. The van der Waals surface area contributed by atoms with Crippen LogP contribution >= 0.6 is 0 Å². The lowest BCUT2D eigenvalue weighted by atomic mass is 9.34. The van der Waals surface area contributed by atoms with Gasteiger partial charge in [0.15, 0.2) is 0 Å². The minimum atomic E-state index is -1.17. The van der Waals surface area contributed by atoms with Gasteiger partial charge in [-0.15, -0.1) is 0 Å². The predicted octanol–water partition coefficient (Wildman–Crippen LogP) is 5.01. The van der Waals surface area contributed by atoms with E-state index in [-0.39, 0.29) is 28.8 Å². The summed E-state index contributed by atoms with van der Waals surface area (Å²) in [5.41, 5.74) is 0.651. The molecule has 0 amide bonds. The van der Waals surface area contributed by atoms with Gasteiger partial charge in [-0.25, -0.2) is 4.79 Å². The van der Waals surface area contributed by atoms with Crippen molar-refractivity contribution in [3.05, 3.63) is 11.6 Å². The van der Waals surface area contributed by atoms with Crippen molar-refractivity contribution in [3.63, 3.8) is 0 Å². The Balaban J connectivity index is 1.64. The molecule has 178 valence electrons. The summed E-state index contributed by atoms with van der Waals surface area (Å²) >= 11 is 0. The molecule has 0 aromatic carbocycles. The molecule has 5 aliphatic rings. The van der Waals surface area contributed by atoms with E-state index in [2.05, 4.69) is 34.6 Å². The van der Waals surface area contributed by atoms with E-state index >= 15 is 0 Å². The number of hydrogen-bond donors (Lipinski definition) is 1. The Morgan fingerprint density at radius 2 is 1.75 bits per heavy atom. The molecular weight excluding hydrogens is 404 g/mol. The van der Waals surface area contributed by atoms with Crippen LogP contribution in [0.2, 0.25) is 0 Å². The molecule has 5 rings (SSSR count). The molecule has 9 atom stereocenters. The Morgan fingerprint density at radius 3 is 2.44 bits per heavy atom. The third-order valence-corrected chi connectivity index (χ3v) is 11.2. The molecular formula is C27H40O5. The zero-order valence-electron chi connectivity index (χ0n) is 20.6. The maximum atomic E-state index is 12.5. The highest BCUT2D eigenvalue weighted by atomic mass is 16.6. The Bertz CT molecular complexity index is 875. The van der Waals surface area contributed by atoms with E-state index in [0.29, 0.717) is 22.8 Å². The molecule has 0 unspecified atom stereocenters. The first-order valence-electron chi connectivity index (χ1n) is 12.6. The normalized spacial score (nSPS) is 51.3. The van der Waals surface area contributed by atoms with Gasteiger partial charge in [-0.05, 0) is 72.5 Å². The number of fused-ring (bicyclic) bond motifs is 7. The van der Waals surface area contributed by atoms with Gasteiger partial charge in [0.1, 0.15) is 6.10 Å². The molecule has 1 N–H and O–H groups in total. The van der Waals surface area contributed by atoms with E-state index in [4.69, 9.17) is 9.47 Å². The molecule has 32 heavy (non-hydrogen) atoms. The topological polar surface area (TPSA) is 72.8 Å². The SMILES string of the molecule is CC(=O)O[C@H]1C[C@H]2[C@@]3(C)CCCC(C)(C)[C@H]3CC[C@@]2(C)[C@@H]2CC=C3C(=O)O[C@@H](O)[C@@H]3[C@@]12C. The van der Waals surface area contributed by atoms with Gasteiger partial charge in [0, 0.05) is 17.9 Å². The fourth-order valence-electron chi connectivity index (χ4n) is 9.98. The van der Waals surface area contributed by atoms with Gasteiger partial charge in [-0.3, -0.25) is 4.79 Å². The van der Waals surface area contributed by atoms with Gasteiger partial charge >= 0.3 is 11.9 Å². The van der Waals surface area contributed by atoms with Crippen LogP contribution < -0.4 is 0 Å². The van der Waals surface area contributed by atoms with E-state index in [1.807, 2.05) is 6.08 Å². The minimum Gasteiger partial charge on any atom is -0.462 e. The van der Waals surface area contributed by atoms with Crippen LogP contribution in [0.25, 0.3) is 0 Å². The number of aliphatic hydroxyl groups is 1. The van der Waals surface area contributed by atoms with Crippen LogP contribution in [0.15, 0.2) is 11.6 Å². The summed E-state index contributed by atoms with van der Waals surface area (Å²) in [5, 5.41) is 10.8. The van der Waals surface area contributed by atoms with Gasteiger partial charge in [0.05, 0.1) is 5.92 Å². The lowest BCUT2D eigenvalue weighted by Gasteiger charge is -2.70. The number of carbonyl (C=O) groups is 2. The average Bonchev–Trinajstić information content (AvgIpc) is 2.97. The van der Waals surface area contributed by atoms with E-state index in [0.717, 1.165) is 19.3 Å². The molecule has 4 aliphatic carbocycles. The quantitative estimate of drug-likeness (QED) is 0.575. The summed E-state index contributed by atoms with van der Waals surface area (Å²) in [4.78, 5) is 24.8. The fraction of sp³-hybridized carbons (Fsp3) is 0.852. The maximum absolute atomic E-state index is 12.5. The summed E-state index contributed by atoms with van der Waals surface area (Å²) in [6.07, 6.45) is 8.23. The van der Waals surface area contributed by atoms with Gasteiger partial charge < -0.3 is 14.6 Å². The van der Waals surface area contributed by atoms with Crippen molar-refractivity contribution in [1.82, 2.24) is 0 Å². The van der Waals surface area contributed by atoms with Crippen molar-refractivity contribution in [2.45, 2.75) is 98.9 Å². The van der Waals surface area contributed by atoms with Crippen LogP contribution in [-0.4, -0.2) is 29.4 Å². The summed E-state index contributed by atoms with van der Waals surface area (Å²) in [6, 6.07) is 0. The second-order valence-electron chi connectivity index (χ2n) is 12.9. The van der Waals surface area contributed by atoms with Crippen molar-refractivity contribution < 1.29 is 24.2 Å². The van der Waals surface area contributed by atoms with Crippen molar-refractivity contribution in [2.75, 3.05) is 0 Å². The monoisotopic (exact) mass is 444 g/mol. The molecule has 1 aliphatic heterocycles. The molecule has 0 radical (unpaired) electrons. The number of cyclic esters (lactones) is 1. The molecule has 5 heteroatoms. The van der Waals surface area contributed by atoms with Gasteiger partial charge in [-0.1, -0.05) is 47.1 Å². The summed E-state index contributed by atoms with van der Waals surface area (Å²) in [7, 11) is 0. The van der Waals surface area contributed by atoms with Crippen LogP contribution in [-0.2, 0) is 19.1 Å². The second-order valence-corrected chi connectivity index (χ2v) is 12.9. The zero-order valence-corrected chi connectivity index (χ0v) is 20.6. The third kappa shape index (κ3) is 2.72. The molecule has 1 saturated heterocycles. The number of rotatable bonds is 1. The van der Waals surface area contributed by atoms with Crippen molar-refractivity contribution in [2.24, 2.45) is 45.3 Å². The Kier molecular flexibility index (Phi) is 4.79. The average molecular weight is 445 g/mol. The number of hydrogen-bond acceptors (Lipinski definition) is 5. The van der Waals surface area contributed by atoms with Gasteiger partial charge in [-0.2, -0.15) is 0 Å². The lowest BCUT2D eigenvalue weighted by molar-refractivity contribution is -0.252. The molecule has 1 heterocycles. The van der Waals surface area contributed by atoms with Gasteiger partial charge in [0.2, 0.25) is 6.29 Å². The first-order valence-corrected chi connectivity index (χ1v) is 12.6. The van der Waals surface area contributed by atoms with Crippen LogP contribution in [0.5, 0.6) is 0 Å². The number of ether oxygens (including phenoxy) is 2. The molecule has 0 aromatic heterocycles. The maximum Gasteiger partial charge on any atom is 0.336 e. The fourth-order valence-corrected chi connectivity index (χ4v) is 9.98. The van der Waals surface area contributed by atoms with Crippen LogP contribution in [0.4, 0.5) is 0 Å². The highest BCUT2D eigenvalue weighted by Crippen LogP contribution is 2.73. The van der Waals surface area contributed by atoms with Crippen molar-refractivity contribution in [3.8, 4) is 0 Å². The van der Waals surface area contributed by atoms with Gasteiger partial charge in [0.25, 0.3) is 0 Å². The Hall–Kier alpha value is -1.36. The zero-order chi connectivity index (χ0) is 23.3. The molecule has 5 nitrogen and oxygen atoms in total. The van der Waals surface area contributed by atoms with Crippen LogP contribution in [0, 0.1) is 45.3 Å². The van der Waals surface area contributed by atoms with E-state index in [1.165, 1.54) is 32.6 Å². The molecule has 0 spiro atoms. The molecule has 3 saturated carbocycles. The van der Waals surface area contributed by atoms with Crippen molar-refractivity contribution in [1.29, 1.82) is 0 Å². The Labute approximate surface area is 192 Å². The number of aliphatic hydroxyl groups excluding tert-OH is 1. The molecule has 0 aromatic rings. The van der Waals surface area contributed by atoms with Crippen molar-refractivity contribution >= 4 is 11.9 Å². The van der Waals surface area contributed by atoms with E-state index in [1.54, 1.807) is 0 Å². The largest absolute Gasteiger partial charge is 0.462 e. The third-order valence-electron chi connectivity index (χ3n) is 11.2. The highest BCUT2D eigenvalue weighted by molar-refractivity contribution is 5.91. The molecule has 0 bridgehead atoms. The predicted molar refractivity (Wildman–Crippen MR) is 120 cm³/mol. The second kappa shape index (κ2) is 6.84. The number of carbonyl (C=O) groups excluding carboxylic acids is 2. The van der Waals surface area contributed by atoms with Crippen LogP contribution in [0.1, 0.15) is 86.5 Å². The standard InChI is InChI=1S/C27H40O5/c1-15(28)31-20-14-19-25(4)12-7-11-24(2,3)17(25)10-13-26(19,5)18-9-8-16-21(27(18,20)6)23(30)32-22(16)29/h8,17-21,23,30H,7,9-14H2,1-6H3/t17-,18+,19+,20+,21-,23-,25+,26+,27-/m1/s1. The van der Waals surface area contributed by atoms with E-state index in [9.17, 15) is 14.7 Å². The van der Waals surface area contributed by atoms with Crippen LogP contribution in [0.3, 0.4) is 0 Å². The number of esters is 2. The van der Waals surface area contributed by atoms with E-state index < -0.39 is 23.6 Å². The highest BCUT2D eigenvalue weighted by Gasteiger charge is 2.71. The summed E-state index contributed by atoms with van der Waals surface area (Å²) in [5.74, 6) is 0.196. The summed E-state index contributed by atoms with van der Waals surface area (Å²) in [6.45, 7) is 13.5. The first-order chi connectivity index (χ1) is 14.9. The molecule has 4 fully saturated rings.